The van der Waals surface area contributed by atoms with E-state index < -0.39 is 5.97 Å². The fourth-order valence-electron chi connectivity index (χ4n) is 0.639. The molecule has 4 nitrogen and oxygen atoms in total. The van der Waals surface area contributed by atoms with Crippen LogP contribution in [0.1, 0.15) is 33.6 Å². The molecule has 2 atom stereocenters. The molecule has 0 bridgehead atoms. The van der Waals surface area contributed by atoms with Crippen LogP contribution in [-0.4, -0.2) is 47.3 Å². The maximum absolute atomic E-state index is 10.1. The molecule has 2 unspecified atom stereocenters. The minimum absolute atomic E-state index is 0.102. The smallest absolute Gasteiger partial charge is 0.320 e. The molecular formula is C10H23NO3. The molecule has 0 saturated carbocycles. The molecule has 0 aromatic heterocycles. The van der Waals surface area contributed by atoms with Gasteiger partial charge in [-0.3, -0.25) is 9.69 Å². The van der Waals surface area contributed by atoms with Crippen molar-refractivity contribution in [2.45, 2.75) is 45.8 Å². The molecule has 0 rings (SSSR count). The highest BCUT2D eigenvalue weighted by molar-refractivity contribution is 5.72. The minimum atomic E-state index is -0.782. The molecule has 14 heavy (non-hydrogen) atoms. The predicted molar refractivity (Wildman–Crippen MR) is 57.4 cm³/mol. The molecule has 0 aromatic carbocycles. The van der Waals surface area contributed by atoms with Crippen molar-refractivity contribution in [2.24, 2.45) is 0 Å². The molecule has 0 amide bonds. The summed E-state index contributed by atoms with van der Waals surface area (Å²) in [6.45, 7) is 5.51. The molecule has 0 radical (unpaired) electrons. The Kier molecular flexibility index (Phi) is 10.1. The van der Waals surface area contributed by atoms with Crippen LogP contribution in [0.3, 0.4) is 0 Å². The van der Waals surface area contributed by atoms with Gasteiger partial charge >= 0.3 is 5.97 Å². The van der Waals surface area contributed by atoms with Crippen molar-refractivity contribution in [3.63, 3.8) is 0 Å². The van der Waals surface area contributed by atoms with E-state index in [1.54, 1.807) is 25.9 Å². The summed E-state index contributed by atoms with van der Waals surface area (Å²) in [5.41, 5.74) is 0. The average molecular weight is 205 g/mol. The molecule has 0 heterocycles. The van der Waals surface area contributed by atoms with E-state index in [9.17, 15) is 4.79 Å². The number of likely N-dealkylation sites (N-methyl/N-ethyl adjacent to an activating group) is 1. The van der Waals surface area contributed by atoms with E-state index in [1.807, 2.05) is 6.92 Å². The molecule has 0 aromatic rings. The van der Waals surface area contributed by atoms with Gasteiger partial charge in [-0.2, -0.15) is 0 Å². The van der Waals surface area contributed by atoms with Crippen LogP contribution < -0.4 is 0 Å². The van der Waals surface area contributed by atoms with Gasteiger partial charge in [0.15, 0.2) is 0 Å². The van der Waals surface area contributed by atoms with E-state index in [0.717, 1.165) is 12.8 Å². The maximum atomic E-state index is 10.1. The number of hydrogen-bond donors (Lipinski definition) is 2. The van der Waals surface area contributed by atoms with Crippen molar-refractivity contribution in [3.8, 4) is 0 Å². The summed E-state index contributed by atoms with van der Waals surface area (Å²) in [6.07, 6.45) is 1.91. The van der Waals surface area contributed by atoms with Crippen molar-refractivity contribution in [2.75, 3.05) is 14.1 Å². The second kappa shape index (κ2) is 8.97. The Morgan fingerprint density at radius 3 is 1.79 bits per heavy atom. The lowest BCUT2D eigenvalue weighted by atomic mass is 10.2. The van der Waals surface area contributed by atoms with Crippen LogP contribution in [-0.2, 0) is 4.79 Å². The lowest BCUT2D eigenvalue weighted by molar-refractivity contribution is -0.141. The Morgan fingerprint density at radius 2 is 1.79 bits per heavy atom. The van der Waals surface area contributed by atoms with Crippen LogP contribution in [0, 0.1) is 0 Å². The molecular weight excluding hydrogens is 182 g/mol. The summed E-state index contributed by atoms with van der Waals surface area (Å²) in [4.78, 5) is 11.7. The molecule has 2 N–H and O–H groups in total. The van der Waals surface area contributed by atoms with Gasteiger partial charge in [-0.05, 0) is 34.4 Å². The number of aliphatic hydroxyl groups excluding tert-OH is 1. The molecule has 0 fully saturated rings. The number of carboxylic acids is 1. The first-order chi connectivity index (χ1) is 6.32. The quantitative estimate of drug-likeness (QED) is 0.723. The Morgan fingerprint density at radius 1 is 1.36 bits per heavy atom. The molecule has 0 aliphatic rings. The highest BCUT2D eigenvalue weighted by Crippen LogP contribution is 1.91. The number of carboxylic acid groups (broad SMARTS) is 1. The number of rotatable bonds is 4. The minimum Gasteiger partial charge on any atom is -0.480 e. The normalized spacial score (nSPS) is 14.2. The van der Waals surface area contributed by atoms with Crippen molar-refractivity contribution in [3.05, 3.63) is 0 Å². The van der Waals surface area contributed by atoms with Gasteiger partial charge in [0, 0.05) is 0 Å². The summed E-state index contributed by atoms with van der Waals surface area (Å²) < 4.78 is 0. The van der Waals surface area contributed by atoms with Crippen LogP contribution >= 0.6 is 0 Å². The van der Waals surface area contributed by atoms with E-state index in [2.05, 4.69) is 6.92 Å². The van der Waals surface area contributed by atoms with Gasteiger partial charge in [-0.25, -0.2) is 0 Å². The van der Waals surface area contributed by atoms with E-state index in [0.29, 0.717) is 0 Å². The zero-order valence-electron chi connectivity index (χ0n) is 9.82. The second-order valence-electron chi connectivity index (χ2n) is 3.62. The molecule has 0 saturated heterocycles. The summed E-state index contributed by atoms with van der Waals surface area (Å²) in [5.74, 6) is -0.782. The standard InChI is InChI=1S/C5H11NO2.C5H12O/c1-4(5(7)8)6(2)3;1-3-4-5(2)6/h4H,1-3H3,(H,7,8);5-6H,3-4H2,1-2H3. The Bertz CT molecular complexity index is 146. The SMILES string of the molecule is CC(C(=O)O)N(C)C.CCCC(C)O. The van der Waals surface area contributed by atoms with Crippen LogP contribution in [0.15, 0.2) is 0 Å². The van der Waals surface area contributed by atoms with Gasteiger partial charge in [0.05, 0.1) is 6.10 Å². The zero-order valence-corrected chi connectivity index (χ0v) is 9.82. The number of nitrogens with zero attached hydrogens (tertiary/aromatic N) is 1. The number of carbonyl (C=O) groups is 1. The van der Waals surface area contributed by atoms with Gasteiger partial charge in [0.25, 0.3) is 0 Å². The summed E-state index contributed by atoms with van der Waals surface area (Å²) in [7, 11) is 3.47. The monoisotopic (exact) mass is 205 g/mol. The van der Waals surface area contributed by atoms with Gasteiger partial charge < -0.3 is 10.2 Å². The lowest BCUT2D eigenvalue weighted by Crippen LogP contribution is -2.32. The Labute approximate surface area is 86.5 Å². The highest BCUT2D eigenvalue weighted by Gasteiger charge is 2.11. The van der Waals surface area contributed by atoms with Crippen LogP contribution in [0.5, 0.6) is 0 Å². The van der Waals surface area contributed by atoms with Crippen molar-refractivity contribution in [1.29, 1.82) is 0 Å². The fraction of sp³-hybridized carbons (Fsp3) is 0.900. The van der Waals surface area contributed by atoms with Gasteiger partial charge in [0.1, 0.15) is 6.04 Å². The van der Waals surface area contributed by atoms with Crippen molar-refractivity contribution in [1.82, 2.24) is 4.90 Å². The first-order valence-corrected chi connectivity index (χ1v) is 4.90. The third-order valence-electron chi connectivity index (χ3n) is 1.84. The van der Waals surface area contributed by atoms with E-state index in [-0.39, 0.29) is 12.1 Å². The first kappa shape index (κ1) is 15.8. The summed E-state index contributed by atoms with van der Waals surface area (Å²) in [5, 5.41) is 16.9. The Hall–Kier alpha value is -0.610. The van der Waals surface area contributed by atoms with E-state index >= 15 is 0 Å². The predicted octanol–water partition coefficient (Wildman–Crippen LogP) is 1.19. The van der Waals surface area contributed by atoms with Crippen molar-refractivity contribution >= 4 is 5.97 Å². The number of aliphatic carboxylic acids is 1. The average Bonchev–Trinajstić information content (AvgIpc) is 2.03. The van der Waals surface area contributed by atoms with Crippen molar-refractivity contribution < 1.29 is 15.0 Å². The molecule has 86 valence electrons. The topological polar surface area (TPSA) is 60.8 Å². The Balaban J connectivity index is 0. The summed E-state index contributed by atoms with van der Waals surface area (Å²) >= 11 is 0. The van der Waals surface area contributed by atoms with Crippen LogP contribution in [0.2, 0.25) is 0 Å². The number of hydrogen-bond acceptors (Lipinski definition) is 3. The van der Waals surface area contributed by atoms with Gasteiger partial charge in [0.2, 0.25) is 0 Å². The second-order valence-corrected chi connectivity index (χ2v) is 3.62. The third-order valence-corrected chi connectivity index (χ3v) is 1.84. The first-order valence-electron chi connectivity index (χ1n) is 4.90. The molecule has 0 spiro atoms. The molecule has 0 aliphatic heterocycles. The van der Waals surface area contributed by atoms with E-state index in [4.69, 9.17) is 10.2 Å². The van der Waals surface area contributed by atoms with E-state index in [1.165, 1.54) is 0 Å². The van der Waals surface area contributed by atoms with Gasteiger partial charge in [-0.15, -0.1) is 0 Å². The largest absolute Gasteiger partial charge is 0.480 e. The van der Waals surface area contributed by atoms with Crippen LogP contribution in [0.25, 0.3) is 0 Å². The zero-order chi connectivity index (χ0) is 11.7. The van der Waals surface area contributed by atoms with Crippen LogP contribution in [0.4, 0.5) is 0 Å². The fourth-order valence-corrected chi connectivity index (χ4v) is 0.639. The third kappa shape index (κ3) is 11.4. The summed E-state index contributed by atoms with van der Waals surface area (Å²) in [6, 6.07) is -0.380. The number of aliphatic hydroxyl groups is 1. The lowest BCUT2D eigenvalue weighted by Gasteiger charge is -2.13. The maximum Gasteiger partial charge on any atom is 0.320 e. The molecule has 4 heteroatoms. The van der Waals surface area contributed by atoms with Gasteiger partial charge in [-0.1, -0.05) is 13.3 Å². The highest BCUT2D eigenvalue weighted by atomic mass is 16.4. The molecule has 0 aliphatic carbocycles.